The standard InChI is InChI=1S/C16H12F3N3O3/c1-9(10-2-5-12(6-3-10)25-16(17,18)19)21-14(23)13-7-4-11(8-20)22-15(13)24/h2-7,9H,1H3,(H,21,23)(H,22,24)/t9-/m0/s1. The molecule has 1 aromatic heterocycles. The normalized spacial score (nSPS) is 12.1. The summed E-state index contributed by atoms with van der Waals surface area (Å²) in [6, 6.07) is 8.68. The van der Waals surface area contributed by atoms with Crippen LogP contribution in [0.4, 0.5) is 13.2 Å². The summed E-state index contributed by atoms with van der Waals surface area (Å²) in [5.74, 6) is -1.05. The van der Waals surface area contributed by atoms with Crippen LogP contribution in [-0.2, 0) is 0 Å². The van der Waals surface area contributed by atoms with E-state index < -0.39 is 23.9 Å². The number of rotatable bonds is 4. The highest BCUT2D eigenvalue weighted by atomic mass is 19.4. The van der Waals surface area contributed by atoms with Crippen molar-refractivity contribution in [3.63, 3.8) is 0 Å². The number of alkyl halides is 3. The number of benzene rings is 1. The maximum atomic E-state index is 12.1. The molecule has 0 aliphatic heterocycles. The Kier molecular flexibility index (Phi) is 5.12. The lowest BCUT2D eigenvalue weighted by Gasteiger charge is -2.15. The molecule has 0 fully saturated rings. The predicted molar refractivity (Wildman–Crippen MR) is 80.8 cm³/mol. The smallest absolute Gasteiger partial charge is 0.406 e. The average Bonchev–Trinajstić information content (AvgIpc) is 2.53. The van der Waals surface area contributed by atoms with Gasteiger partial charge in [-0.25, -0.2) is 0 Å². The van der Waals surface area contributed by atoms with Gasteiger partial charge in [-0.1, -0.05) is 12.1 Å². The van der Waals surface area contributed by atoms with E-state index in [-0.39, 0.29) is 17.0 Å². The van der Waals surface area contributed by atoms with E-state index in [4.69, 9.17) is 5.26 Å². The molecule has 1 aromatic carbocycles. The number of H-pyrrole nitrogens is 1. The fourth-order valence-electron chi connectivity index (χ4n) is 2.03. The molecular weight excluding hydrogens is 339 g/mol. The molecule has 1 heterocycles. The van der Waals surface area contributed by atoms with Gasteiger partial charge in [0.25, 0.3) is 11.5 Å². The lowest BCUT2D eigenvalue weighted by Crippen LogP contribution is -2.31. The molecule has 1 atom stereocenters. The van der Waals surface area contributed by atoms with Gasteiger partial charge in [0.05, 0.1) is 6.04 Å². The number of carbonyl (C=O) groups excluding carboxylic acids is 1. The van der Waals surface area contributed by atoms with Crippen LogP contribution in [0.3, 0.4) is 0 Å². The summed E-state index contributed by atoms with van der Waals surface area (Å²) in [4.78, 5) is 26.1. The highest BCUT2D eigenvalue weighted by Crippen LogP contribution is 2.24. The van der Waals surface area contributed by atoms with Gasteiger partial charge in [0.1, 0.15) is 23.1 Å². The fraction of sp³-hybridized carbons (Fsp3) is 0.188. The summed E-state index contributed by atoms with van der Waals surface area (Å²) in [5, 5.41) is 11.2. The lowest BCUT2D eigenvalue weighted by molar-refractivity contribution is -0.274. The van der Waals surface area contributed by atoms with Crippen molar-refractivity contribution in [2.24, 2.45) is 0 Å². The van der Waals surface area contributed by atoms with Crippen LogP contribution >= 0.6 is 0 Å². The summed E-state index contributed by atoms with van der Waals surface area (Å²) in [6.07, 6.45) is -4.78. The topological polar surface area (TPSA) is 95.0 Å². The summed E-state index contributed by atoms with van der Waals surface area (Å²) in [5.41, 5.74) is -0.344. The number of hydrogen-bond donors (Lipinski definition) is 2. The number of halogens is 3. The fourth-order valence-corrected chi connectivity index (χ4v) is 2.03. The quantitative estimate of drug-likeness (QED) is 0.885. The number of hydrogen-bond acceptors (Lipinski definition) is 4. The van der Waals surface area contributed by atoms with Crippen LogP contribution in [0.25, 0.3) is 0 Å². The minimum Gasteiger partial charge on any atom is -0.406 e. The Balaban J connectivity index is 2.09. The average molecular weight is 351 g/mol. The number of carbonyl (C=O) groups is 1. The molecule has 0 unspecified atom stereocenters. The number of nitrogens with one attached hydrogen (secondary N) is 2. The number of amides is 1. The van der Waals surface area contributed by atoms with E-state index in [0.717, 1.165) is 12.1 Å². The molecule has 2 N–H and O–H groups in total. The second-order valence-corrected chi connectivity index (χ2v) is 5.04. The third-order valence-corrected chi connectivity index (χ3v) is 3.24. The van der Waals surface area contributed by atoms with Gasteiger partial charge in [0, 0.05) is 0 Å². The van der Waals surface area contributed by atoms with Crippen LogP contribution in [0.2, 0.25) is 0 Å². The molecule has 25 heavy (non-hydrogen) atoms. The second kappa shape index (κ2) is 7.09. The van der Waals surface area contributed by atoms with Crippen molar-refractivity contribution in [2.75, 3.05) is 0 Å². The van der Waals surface area contributed by atoms with Crippen LogP contribution in [0, 0.1) is 11.3 Å². The number of pyridine rings is 1. The van der Waals surface area contributed by atoms with E-state index in [0.29, 0.717) is 5.56 Å². The molecule has 9 heteroatoms. The van der Waals surface area contributed by atoms with Gasteiger partial charge < -0.3 is 15.0 Å². The molecule has 6 nitrogen and oxygen atoms in total. The minimum absolute atomic E-state index is 0.0230. The van der Waals surface area contributed by atoms with Gasteiger partial charge in [-0.2, -0.15) is 5.26 Å². The summed E-state index contributed by atoms with van der Waals surface area (Å²) in [6.45, 7) is 1.61. The Morgan fingerprint density at radius 1 is 1.24 bits per heavy atom. The van der Waals surface area contributed by atoms with Gasteiger partial charge in [-0.15, -0.1) is 13.2 Å². The predicted octanol–water partition coefficient (Wildman–Crippen LogP) is 2.64. The van der Waals surface area contributed by atoms with Crippen molar-refractivity contribution in [2.45, 2.75) is 19.3 Å². The maximum absolute atomic E-state index is 12.1. The van der Waals surface area contributed by atoms with Crippen LogP contribution < -0.4 is 15.6 Å². The number of nitriles is 1. The first-order chi connectivity index (χ1) is 11.7. The molecule has 0 radical (unpaired) electrons. The Bertz CT molecular complexity index is 867. The number of ether oxygens (including phenoxy) is 1. The third-order valence-electron chi connectivity index (χ3n) is 3.24. The summed E-state index contributed by atoms with van der Waals surface area (Å²) < 4.78 is 40.1. The third kappa shape index (κ3) is 4.84. The Labute approximate surface area is 139 Å². The molecule has 0 bridgehead atoms. The van der Waals surface area contributed by atoms with Crippen LogP contribution in [0.15, 0.2) is 41.2 Å². The van der Waals surface area contributed by atoms with E-state index in [1.165, 1.54) is 24.3 Å². The van der Waals surface area contributed by atoms with Gasteiger partial charge in [0.2, 0.25) is 0 Å². The lowest BCUT2D eigenvalue weighted by atomic mass is 10.1. The van der Waals surface area contributed by atoms with Crippen molar-refractivity contribution in [1.82, 2.24) is 10.3 Å². The molecule has 0 saturated carbocycles. The molecular formula is C16H12F3N3O3. The van der Waals surface area contributed by atoms with Crippen molar-refractivity contribution in [1.29, 1.82) is 5.26 Å². The van der Waals surface area contributed by atoms with Crippen molar-refractivity contribution in [3.05, 3.63) is 63.6 Å². The molecule has 0 saturated heterocycles. The largest absolute Gasteiger partial charge is 0.573 e. The first-order valence-electron chi connectivity index (χ1n) is 6.99. The first kappa shape index (κ1) is 18.1. The second-order valence-electron chi connectivity index (χ2n) is 5.04. The van der Waals surface area contributed by atoms with E-state index in [1.807, 2.05) is 0 Å². The van der Waals surface area contributed by atoms with E-state index in [9.17, 15) is 22.8 Å². The Morgan fingerprint density at radius 3 is 2.40 bits per heavy atom. The SMILES string of the molecule is C[C@H](NC(=O)c1ccc(C#N)[nH]c1=O)c1ccc(OC(F)(F)F)cc1. The highest BCUT2D eigenvalue weighted by molar-refractivity contribution is 5.94. The zero-order valence-electron chi connectivity index (χ0n) is 12.8. The number of nitrogens with zero attached hydrogens (tertiary/aromatic N) is 1. The van der Waals surface area contributed by atoms with Crippen molar-refractivity contribution >= 4 is 5.91 Å². The van der Waals surface area contributed by atoms with E-state index >= 15 is 0 Å². The first-order valence-corrected chi connectivity index (χ1v) is 6.99. The molecule has 0 aliphatic carbocycles. The Morgan fingerprint density at radius 2 is 1.88 bits per heavy atom. The van der Waals surface area contributed by atoms with Gasteiger partial charge >= 0.3 is 6.36 Å². The van der Waals surface area contributed by atoms with Crippen molar-refractivity contribution in [3.8, 4) is 11.8 Å². The monoisotopic (exact) mass is 351 g/mol. The van der Waals surface area contributed by atoms with Gasteiger partial charge in [-0.3, -0.25) is 9.59 Å². The van der Waals surface area contributed by atoms with Crippen LogP contribution in [-0.4, -0.2) is 17.3 Å². The van der Waals surface area contributed by atoms with E-state index in [2.05, 4.69) is 15.0 Å². The number of aromatic amines is 1. The summed E-state index contributed by atoms with van der Waals surface area (Å²) in [7, 11) is 0. The molecule has 2 aromatic rings. The molecule has 2 rings (SSSR count). The van der Waals surface area contributed by atoms with Crippen molar-refractivity contribution < 1.29 is 22.7 Å². The molecule has 130 valence electrons. The zero-order chi connectivity index (χ0) is 18.6. The maximum Gasteiger partial charge on any atom is 0.573 e. The minimum atomic E-state index is -4.78. The van der Waals surface area contributed by atoms with Crippen LogP contribution in [0.1, 0.15) is 34.6 Å². The number of aromatic nitrogens is 1. The van der Waals surface area contributed by atoms with Crippen LogP contribution in [0.5, 0.6) is 5.75 Å². The zero-order valence-corrected chi connectivity index (χ0v) is 12.8. The molecule has 0 aliphatic rings. The Hall–Kier alpha value is -3.28. The van der Waals surface area contributed by atoms with Gasteiger partial charge in [-0.05, 0) is 36.8 Å². The van der Waals surface area contributed by atoms with Gasteiger partial charge in [0.15, 0.2) is 0 Å². The van der Waals surface area contributed by atoms with E-state index in [1.54, 1.807) is 13.0 Å². The molecule has 0 spiro atoms. The highest BCUT2D eigenvalue weighted by Gasteiger charge is 2.31. The summed E-state index contributed by atoms with van der Waals surface area (Å²) >= 11 is 0. The molecule has 1 amide bonds.